The Bertz CT molecular complexity index is 495. The van der Waals surface area contributed by atoms with Gasteiger partial charge in [-0.25, -0.2) is 4.68 Å². The molecule has 0 saturated heterocycles. The molecule has 1 aliphatic carbocycles. The van der Waals surface area contributed by atoms with Crippen molar-refractivity contribution in [1.82, 2.24) is 14.7 Å². The van der Waals surface area contributed by atoms with Crippen LogP contribution >= 0.6 is 0 Å². The lowest BCUT2D eigenvalue weighted by molar-refractivity contribution is -0.384. The summed E-state index contributed by atoms with van der Waals surface area (Å²) in [6, 6.07) is 1.02. The Labute approximate surface area is 119 Å². The van der Waals surface area contributed by atoms with Crippen LogP contribution < -0.4 is 5.32 Å². The van der Waals surface area contributed by atoms with Crippen LogP contribution in [0.3, 0.4) is 0 Å². The number of nitro groups is 1. The molecule has 112 valence electrons. The first kappa shape index (κ1) is 14.8. The van der Waals surface area contributed by atoms with E-state index in [4.69, 9.17) is 0 Å². The van der Waals surface area contributed by atoms with Crippen LogP contribution in [0.4, 0.5) is 11.5 Å². The topological polar surface area (TPSA) is 76.2 Å². The second-order valence-corrected chi connectivity index (χ2v) is 5.50. The van der Waals surface area contributed by atoms with Gasteiger partial charge in [0.2, 0.25) is 5.82 Å². The number of nitrogens with zero attached hydrogens (tertiary/aromatic N) is 4. The van der Waals surface area contributed by atoms with Crippen LogP contribution in [0, 0.1) is 10.1 Å². The molecule has 0 aliphatic heterocycles. The van der Waals surface area contributed by atoms with Gasteiger partial charge in [-0.3, -0.25) is 15.0 Å². The lowest BCUT2D eigenvalue weighted by atomic mass is 10.2. The fraction of sp³-hybridized carbons (Fsp3) is 0.769. The Morgan fingerprint density at radius 3 is 2.75 bits per heavy atom. The molecule has 0 radical (unpaired) electrons. The third kappa shape index (κ3) is 2.92. The van der Waals surface area contributed by atoms with E-state index in [1.165, 1.54) is 12.8 Å². The van der Waals surface area contributed by atoms with Gasteiger partial charge in [0.15, 0.2) is 0 Å². The quantitative estimate of drug-likeness (QED) is 0.609. The second-order valence-electron chi connectivity index (χ2n) is 5.50. The summed E-state index contributed by atoms with van der Waals surface area (Å²) in [6.07, 6.45) is 3.07. The van der Waals surface area contributed by atoms with Gasteiger partial charge in [-0.1, -0.05) is 6.92 Å². The van der Waals surface area contributed by atoms with E-state index >= 15 is 0 Å². The van der Waals surface area contributed by atoms with Crippen molar-refractivity contribution >= 4 is 11.5 Å². The van der Waals surface area contributed by atoms with Crippen LogP contribution in [0.25, 0.3) is 0 Å². The first-order chi connectivity index (χ1) is 9.45. The zero-order valence-electron chi connectivity index (χ0n) is 12.6. The zero-order valence-corrected chi connectivity index (χ0v) is 12.6. The average molecular weight is 281 g/mol. The molecule has 0 spiro atoms. The SMILES string of the molecule is CCc1nn(C)c(NCC(C)N(C)C2CC2)c1[N+](=O)[O-]. The van der Waals surface area contributed by atoms with Gasteiger partial charge >= 0.3 is 5.69 Å². The average Bonchev–Trinajstić information content (AvgIpc) is 3.19. The Hall–Kier alpha value is -1.63. The first-order valence-corrected chi connectivity index (χ1v) is 7.11. The number of hydrogen-bond donors (Lipinski definition) is 1. The summed E-state index contributed by atoms with van der Waals surface area (Å²) in [5.41, 5.74) is 0.638. The fourth-order valence-corrected chi connectivity index (χ4v) is 2.43. The van der Waals surface area contributed by atoms with Gasteiger partial charge in [0, 0.05) is 25.7 Å². The van der Waals surface area contributed by atoms with Gasteiger partial charge in [0.05, 0.1) is 4.92 Å². The van der Waals surface area contributed by atoms with Crippen molar-refractivity contribution in [3.8, 4) is 0 Å². The van der Waals surface area contributed by atoms with Crippen LogP contribution in [0.1, 0.15) is 32.4 Å². The minimum Gasteiger partial charge on any atom is -0.363 e. The molecule has 1 fully saturated rings. The summed E-state index contributed by atoms with van der Waals surface area (Å²) < 4.78 is 1.57. The zero-order chi connectivity index (χ0) is 14.9. The molecular weight excluding hydrogens is 258 g/mol. The van der Waals surface area contributed by atoms with Gasteiger partial charge in [-0.05, 0) is 33.2 Å². The lowest BCUT2D eigenvalue weighted by Crippen LogP contribution is -2.36. The number of aromatic nitrogens is 2. The number of hydrogen-bond acceptors (Lipinski definition) is 5. The van der Waals surface area contributed by atoms with Crippen LogP contribution in [-0.2, 0) is 13.5 Å². The molecule has 1 heterocycles. The maximum absolute atomic E-state index is 11.2. The molecule has 1 unspecified atom stereocenters. The molecule has 1 aromatic heterocycles. The van der Waals surface area contributed by atoms with Crippen molar-refractivity contribution in [2.75, 3.05) is 18.9 Å². The van der Waals surface area contributed by atoms with E-state index in [2.05, 4.69) is 29.3 Å². The summed E-state index contributed by atoms with van der Waals surface area (Å²) in [5.74, 6) is 0.503. The number of anilines is 1. The molecule has 7 heteroatoms. The Kier molecular flexibility index (Phi) is 4.27. The van der Waals surface area contributed by atoms with Crippen molar-refractivity contribution in [3.63, 3.8) is 0 Å². The van der Waals surface area contributed by atoms with Crippen LogP contribution in [0.15, 0.2) is 0 Å². The van der Waals surface area contributed by atoms with Gasteiger partial charge < -0.3 is 5.32 Å². The monoisotopic (exact) mass is 281 g/mol. The summed E-state index contributed by atoms with van der Waals surface area (Å²) in [4.78, 5) is 13.2. The van der Waals surface area contributed by atoms with Crippen LogP contribution in [0.2, 0.25) is 0 Å². The van der Waals surface area contributed by atoms with Gasteiger partial charge in [-0.15, -0.1) is 0 Å². The minimum atomic E-state index is -0.344. The Morgan fingerprint density at radius 2 is 2.25 bits per heavy atom. The highest BCUT2D eigenvalue weighted by atomic mass is 16.6. The minimum absolute atomic E-state index is 0.108. The number of nitrogens with one attached hydrogen (secondary N) is 1. The van der Waals surface area contributed by atoms with E-state index < -0.39 is 0 Å². The first-order valence-electron chi connectivity index (χ1n) is 7.11. The maximum Gasteiger partial charge on any atom is 0.333 e. The molecule has 1 saturated carbocycles. The predicted molar refractivity (Wildman–Crippen MR) is 78.0 cm³/mol. The van der Waals surface area contributed by atoms with E-state index in [0.29, 0.717) is 36.6 Å². The van der Waals surface area contributed by atoms with Crippen molar-refractivity contribution in [2.24, 2.45) is 7.05 Å². The fourth-order valence-electron chi connectivity index (χ4n) is 2.43. The second kappa shape index (κ2) is 5.78. The van der Waals surface area contributed by atoms with E-state index in [-0.39, 0.29) is 10.6 Å². The van der Waals surface area contributed by atoms with Gasteiger partial charge in [0.1, 0.15) is 5.69 Å². The van der Waals surface area contributed by atoms with Crippen LogP contribution in [0.5, 0.6) is 0 Å². The van der Waals surface area contributed by atoms with E-state index in [9.17, 15) is 10.1 Å². The molecule has 7 nitrogen and oxygen atoms in total. The smallest absolute Gasteiger partial charge is 0.333 e. The number of likely N-dealkylation sites (N-methyl/N-ethyl adjacent to an activating group) is 1. The Morgan fingerprint density at radius 1 is 1.60 bits per heavy atom. The normalized spacial score (nSPS) is 16.4. The molecular formula is C13H23N5O2. The van der Waals surface area contributed by atoms with Crippen LogP contribution in [-0.4, -0.2) is 45.3 Å². The molecule has 1 atom stereocenters. The summed E-state index contributed by atoms with van der Waals surface area (Å²) in [7, 11) is 3.85. The van der Waals surface area contributed by atoms with Crippen molar-refractivity contribution in [1.29, 1.82) is 0 Å². The van der Waals surface area contributed by atoms with Gasteiger partial charge in [0.25, 0.3) is 0 Å². The molecule has 0 bridgehead atoms. The molecule has 2 rings (SSSR count). The molecule has 20 heavy (non-hydrogen) atoms. The lowest BCUT2D eigenvalue weighted by Gasteiger charge is -2.24. The Balaban J connectivity index is 2.08. The summed E-state index contributed by atoms with van der Waals surface area (Å²) in [6.45, 7) is 4.69. The van der Waals surface area contributed by atoms with Crippen molar-refractivity contribution in [2.45, 2.75) is 45.2 Å². The molecule has 0 aromatic carbocycles. The van der Waals surface area contributed by atoms with E-state index in [1.54, 1.807) is 11.7 Å². The highest BCUT2D eigenvalue weighted by Gasteiger charge is 2.30. The largest absolute Gasteiger partial charge is 0.363 e. The summed E-state index contributed by atoms with van der Waals surface area (Å²) >= 11 is 0. The maximum atomic E-state index is 11.2. The van der Waals surface area contributed by atoms with E-state index in [1.807, 2.05) is 6.92 Å². The standard InChI is InChI=1S/C13H23N5O2/c1-5-11-12(18(19)20)13(17(4)15-11)14-8-9(2)16(3)10-6-7-10/h9-10,14H,5-8H2,1-4H3. The van der Waals surface area contributed by atoms with Crippen molar-refractivity contribution < 1.29 is 4.92 Å². The third-order valence-electron chi connectivity index (χ3n) is 3.99. The van der Waals surface area contributed by atoms with E-state index in [0.717, 1.165) is 0 Å². The number of rotatable bonds is 7. The third-order valence-corrected chi connectivity index (χ3v) is 3.99. The molecule has 1 N–H and O–H groups in total. The predicted octanol–water partition coefficient (Wildman–Crippen LogP) is 1.79. The van der Waals surface area contributed by atoms with Crippen molar-refractivity contribution in [3.05, 3.63) is 15.8 Å². The molecule has 1 aromatic rings. The summed E-state index contributed by atoms with van der Waals surface area (Å²) in [5, 5.41) is 18.6. The molecule has 0 amide bonds. The highest BCUT2D eigenvalue weighted by Crippen LogP contribution is 2.29. The van der Waals surface area contributed by atoms with Gasteiger partial charge in [-0.2, -0.15) is 5.10 Å². The number of aryl methyl sites for hydroxylation is 2. The molecule has 1 aliphatic rings. The highest BCUT2D eigenvalue weighted by molar-refractivity contribution is 5.59.